The summed E-state index contributed by atoms with van der Waals surface area (Å²) in [6.07, 6.45) is 3.78. The highest BCUT2D eigenvalue weighted by molar-refractivity contribution is 4.72. The maximum atomic E-state index is 3.59. The predicted molar refractivity (Wildman–Crippen MR) is 73.9 cm³/mol. The molecule has 0 rings (SSSR count). The molecule has 0 saturated carbocycles. The second-order valence-corrected chi connectivity index (χ2v) is 5.15. The predicted octanol–water partition coefficient (Wildman–Crippen LogP) is 3.13. The summed E-state index contributed by atoms with van der Waals surface area (Å²) >= 11 is 0. The molecule has 0 aromatic carbocycles. The van der Waals surface area contributed by atoms with Gasteiger partial charge >= 0.3 is 0 Å². The van der Waals surface area contributed by atoms with Crippen LogP contribution in [-0.2, 0) is 0 Å². The molecule has 0 spiro atoms. The molecule has 16 heavy (non-hydrogen) atoms. The van der Waals surface area contributed by atoms with Crippen LogP contribution in [0.2, 0.25) is 0 Å². The molecule has 0 fully saturated rings. The molecule has 0 amide bonds. The molecule has 0 radical (unpaired) electrons. The summed E-state index contributed by atoms with van der Waals surface area (Å²) in [6.45, 7) is 16.2. The number of nitrogens with zero attached hydrogens (tertiary/aromatic N) is 1. The summed E-state index contributed by atoms with van der Waals surface area (Å²) in [6, 6.07) is 0.721. The molecule has 2 nitrogen and oxygen atoms in total. The molecule has 2 heteroatoms. The van der Waals surface area contributed by atoms with E-state index in [1.807, 2.05) is 0 Å². The number of rotatable bonds is 10. The summed E-state index contributed by atoms with van der Waals surface area (Å²) in [5, 5.41) is 3.59. The third-order valence-corrected chi connectivity index (χ3v) is 2.94. The summed E-state index contributed by atoms with van der Waals surface area (Å²) in [4.78, 5) is 2.65. The zero-order valence-electron chi connectivity index (χ0n) is 12.1. The van der Waals surface area contributed by atoms with E-state index in [4.69, 9.17) is 0 Å². The number of nitrogens with one attached hydrogen (secondary N) is 1. The first kappa shape index (κ1) is 15.9. The van der Waals surface area contributed by atoms with Crippen molar-refractivity contribution in [1.82, 2.24) is 10.2 Å². The third-order valence-electron chi connectivity index (χ3n) is 2.94. The first-order valence-electron chi connectivity index (χ1n) is 7.10. The van der Waals surface area contributed by atoms with Crippen molar-refractivity contribution in [3.8, 4) is 0 Å². The average molecular weight is 228 g/mol. The maximum Gasteiger partial charge on any atom is 0.0218 e. The van der Waals surface area contributed by atoms with Crippen molar-refractivity contribution in [3.63, 3.8) is 0 Å². The monoisotopic (exact) mass is 228 g/mol. The Labute approximate surface area is 103 Å². The van der Waals surface area contributed by atoms with E-state index in [9.17, 15) is 0 Å². The lowest BCUT2D eigenvalue weighted by atomic mass is 10.1. The van der Waals surface area contributed by atoms with E-state index in [0.717, 1.165) is 25.0 Å². The fourth-order valence-electron chi connectivity index (χ4n) is 2.12. The van der Waals surface area contributed by atoms with Crippen molar-refractivity contribution in [2.45, 2.75) is 59.9 Å². The highest BCUT2D eigenvalue weighted by Gasteiger charge is 2.14. The SMILES string of the molecule is CCCN(CCC)C(CC)CNCC(C)C. The Kier molecular flexibility index (Phi) is 10.0. The molecule has 98 valence electrons. The van der Waals surface area contributed by atoms with Crippen LogP contribution in [0.1, 0.15) is 53.9 Å². The van der Waals surface area contributed by atoms with E-state index in [1.54, 1.807) is 0 Å². The quantitative estimate of drug-likeness (QED) is 0.618. The third kappa shape index (κ3) is 7.24. The van der Waals surface area contributed by atoms with Crippen molar-refractivity contribution in [3.05, 3.63) is 0 Å². The van der Waals surface area contributed by atoms with E-state index in [-0.39, 0.29) is 0 Å². The maximum absolute atomic E-state index is 3.59. The lowest BCUT2D eigenvalue weighted by Crippen LogP contribution is -2.43. The molecule has 0 heterocycles. The molecule has 0 aromatic rings. The molecular formula is C14H32N2. The van der Waals surface area contributed by atoms with E-state index in [2.05, 4.69) is 44.8 Å². The molecule has 1 atom stereocenters. The Morgan fingerprint density at radius 2 is 1.50 bits per heavy atom. The average Bonchev–Trinajstić information content (AvgIpc) is 2.24. The van der Waals surface area contributed by atoms with Gasteiger partial charge in [-0.05, 0) is 44.8 Å². The van der Waals surface area contributed by atoms with Crippen LogP contribution in [0.3, 0.4) is 0 Å². The van der Waals surface area contributed by atoms with Gasteiger partial charge in [0.1, 0.15) is 0 Å². The molecule has 1 N–H and O–H groups in total. The fourth-order valence-corrected chi connectivity index (χ4v) is 2.12. The van der Waals surface area contributed by atoms with Gasteiger partial charge in [-0.2, -0.15) is 0 Å². The minimum absolute atomic E-state index is 0.721. The van der Waals surface area contributed by atoms with Crippen molar-refractivity contribution in [1.29, 1.82) is 0 Å². The van der Waals surface area contributed by atoms with E-state index in [0.29, 0.717) is 0 Å². The molecule has 0 aromatic heterocycles. The van der Waals surface area contributed by atoms with Gasteiger partial charge in [0.15, 0.2) is 0 Å². The van der Waals surface area contributed by atoms with Crippen LogP contribution in [0.5, 0.6) is 0 Å². The van der Waals surface area contributed by atoms with Crippen LogP contribution < -0.4 is 5.32 Å². The Balaban J connectivity index is 3.98. The minimum atomic E-state index is 0.721. The van der Waals surface area contributed by atoms with E-state index >= 15 is 0 Å². The highest BCUT2D eigenvalue weighted by Crippen LogP contribution is 2.06. The van der Waals surface area contributed by atoms with Gasteiger partial charge in [-0.25, -0.2) is 0 Å². The molecular weight excluding hydrogens is 196 g/mol. The van der Waals surface area contributed by atoms with Crippen molar-refractivity contribution < 1.29 is 0 Å². The standard InChI is InChI=1S/C14H32N2/c1-6-9-16(10-7-2)14(8-3)12-15-11-13(4)5/h13-15H,6-12H2,1-5H3. The van der Waals surface area contributed by atoms with Crippen molar-refractivity contribution in [2.75, 3.05) is 26.2 Å². The van der Waals surface area contributed by atoms with E-state index < -0.39 is 0 Å². The van der Waals surface area contributed by atoms with Crippen LogP contribution in [0, 0.1) is 5.92 Å². The van der Waals surface area contributed by atoms with Gasteiger partial charge in [0.05, 0.1) is 0 Å². The Morgan fingerprint density at radius 3 is 1.88 bits per heavy atom. The second kappa shape index (κ2) is 10.1. The normalized spacial score (nSPS) is 13.7. The molecule has 0 aliphatic rings. The van der Waals surface area contributed by atoms with E-state index in [1.165, 1.54) is 32.4 Å². The van der Waals surface area contributed by atoms with Crippen LogP contribution in [-0.4, -0.2) is 37.1 Å². The highest BCUT2D eigenvalue weighted by atomic mass is 15.2. The Bertz CT molecular complexity index is 140. The molecule has 0 aliphatic heterocycles. The Morgan fingerprint density at radius 1 is 0.938 bits per heavy atom. The molecule has 0 bridgehead atoms. The summed E-state index contributed by atoms with van der Waals surface area (Å²) in [5.74, 6) is 0.753. The number of hydrogen-bond donors (Lipinski definition) is 1. The second-order valence-electron chi connectivity index (χ2n) is 5.15. The molecule has 0 aliphatic carbocycles. The van der Waals surface area contributed by atoms with Crippen molar-refractivity contribution in [2.24, 2.45) is 5.92 Å². The lowest BCUT2D eigenvalue weighted by molar-refractivity contribution is 0.185. The van der Waals surface area contributed by atoms with Gasteiger partial charge in [0.25, 0.3) is 0 Å². The first-order valence-corrected chi connectivity index (χ1v) is 7.10. The van der Waals surface area contributed by atoms with Gasteiger partial charge in [-0.15, -0.1) is 0 Å². The summed E-state index contributed by atoms with van der Waals surface area (Å²) in [7, 11) is 0. The topological polar surface area (TPSA) is 15.3 Å². The van der Waals surface area contributed by atoms with Gasteiger partial charge in [-0.1, -0.05) is 34.6 Å². The zero-order chi connectivity index (χ0) is 12.4. The zero-order valence-corrected chi connectivity index (χ0v) is 12.1. The van der Waals surface area contributed by atoms with Gasteiger partial charge in [-0.3, -0.25) is 4.90 Å². The lowest BCUT2D eigenvalue weighted by Gasteiger charge is -2.31. The first-order chi connectivity index (χ1) is 7.65. The van der Waals surface area contributed by atoms with Gasteiger partial charge in [0.2, 0.25) is 0 Å². The van der Waals surface area contributed by atoms with Crippen LogP contribution >= 0.6 is 0 Å². The minimum Gasteiger partial charge on any atom is -0.315 e. The summed E-state index contributed by atoms with van der Waals surface area (Å²) < 4.78 is 0. The molecule has 0 saturated heterocycles. The molecule has 1 unspecified atom stereocenters. The smallest absolute Gasteiger partial charge is 0.0218 e. The van der Waals surface area contributed by atoms with Crippen LogP contribution in [0.25, 0.3) is 0 Å². The number of hydrogen-bond acceptors (Lipinski definition) is 2. The van der Waals surface area contributed by atoms with Crippen LogP contribution in [0.4, 0.5) is 0 Å². The summed E-state index contributed by atoms with van der Waals surface area (Å²) in [5.41, 5.74) is 0. The van der Waals surface area contributed by atoms with Crippen LogP contribution in [0.15, 0.2) is 0 Å². The Hall–Kier alpha value is -0.0800. The van der Waals surface area contributed by atoms with Gasteiger partial charge < -0.3 is 5.32 Å². The largest absolute Gasteiger partial charge is 0.315 e. The fraction of sp³-hybridized carbons (Fsp3) is 1.00. The van der Waals surface area contributed by atoms with Gasteiger partial charge in [0, 0.05) is 12.6 Å². The van der Waals surface area contributed by atoms with Crippen molar-refractivity contribution >= 4 is 0 Å².